The summed E-state index contributed by atoms with van der Waals surface area (Å²) >= 11 is 1.83. The van der Waals surface area contributed by atoms with Crippen molar-refractivity contribution in [2.45, 2.75) is 25.5 Å². The molecule has 0 heterocycles. The summed E-state index contributed by atoms with van der Waals surface area (Å²) in [6, 6.07) is 8.12. The third-order valence-corrected chi connectivity index (χ3v) is 4.09. The Morgan fingerprint density at radius 2 is 2.10 bits per heavy atom. The van der Waals surface area contributed by atoms with Crippen molar-refractivity contribution < 1.29 is 4.74 Å². The Morgan fingerprint density at radius 3 is 2.76 bits per heavy atom. The molecule has 0 saturated carbocycles. The lowest BCUT2D eigenvalue weighted by atomic mass is 10.1. The van der Waals surface area contributed by atoms with Gasteiger partial charge in [0.15, 0.2) is 5.96 Å². The van der Waals surface area contributed by atoms with Crippen molar-refractivity contribution >= 4 is 17.7 Å². The van der Waals surface area contributed by atoms with Gasteiger partial charge in [-0.25, -0.2) is 0 Å². The van der Waals surface area contributed by atoms with E-state index < -0.39 is 0 Å². The van der Waals surface area contributed by atoms with Crippen LogP contribution in [-0.4, -0.2) is 44.2 Å². The van der Waals surface area contributed by atoms with Gasteiger partial charge in [0.05, 0.1) is 13.7 Å². The summed E-state index contributed by atoms with van der Waals surface area (Å²) in [5.74, 6) is 1.82. The summed E-state index contributed by atoms with van der Waals surface area (Å²) in [5, 5.41) is 7.19. The lowest BCUT2D eigenvalue weighted by Gasteiger charge is -2.13. The van der Waals surface area contributed by atoms with E-state index in [9.17, 15) is 0 Å². The lowest BCUT2D eigenvalue weighted by Crippen LogP contribution is -2.38. The number of aliphatic imine (C=N–C) groups is 1. The minimum Gasteiger partial charge on any atom is -0.496 e. The zero-order valence-corrected chi connectivity index (χ0v) is 14.3. The number of thioether (sulfide) groups is 1. The molecule has 1 aromatic carbocycles. The van der Waals surface area contributed by atoms with E-state index in [1.165, 1.54) is 5.56 Å². The number of guanidine groups is 1. The van der Waals surface area contributed by atoms with Crippen molar-refractivity contribution in [2.24, 2.45) is 4.99 Å². The maximum atomic E-state index is 5.37. The van der Waals surface area contributed by atoms with Gasteiger partial charge < -0.3 is 15.4 Å². The van der Waals surface area contributed by atoms with E-state index in [2.05, 4.69) is 41.8 Å². The summed E-state index contributed by atoms with van der Waals surface area (Å²) in [4.78, 5) is 4.60. The maximum Gasteiger partial charge on any atom is 0.191 e. The first-order chi connectivity index (χ1) is 10.2. The van der Waals surface area contributed by atoms with Gasteiger partial charge in [-0.1, -0.05) is 25.1 Å². The Labute approximate surface area is 132 Å². The zero-order valence-electron chi connectivity index (χ0n) is 13.5. The SMILES string of the molecule is CCNC(=NCC(C)SC)NCCc1ccccc1OC. The van der Waals surface area contributed by atoms with Crippen LogP contribution >= 0.6 is 11.8 Å². The molecule has 0 saturated heterocycles. The molecule has 118 valence electrons. The van der Waals surface area contributed by atoms with Crippen LogP contribution in [0, 0.1) is 0 Å². The average Bonchev–Trinajstić information content (AvgIpc) is 2.52. The molecule has 1 rings (SSSR count). The van der Waals surface area contributed by atoms with E-state index in [0.717, 1.165) is 37.8 Å². The smallest absolute Gasteiger partial charge is 0.191 e. The Kier molecular flexibility index (Phi) is 8.74. The normalized spacial score (nSPS) is 12.9. The Balaban J connectivity index is 2.49. The third-order valence-electron chi connectivity index (χ3n) is 3.13. The number of nitrogens with zero attached hydrogens (tertiary/aromatic N) is 1. The summed E-state index contributed by atoms with van der Waals surface area (Å²) in [6.45, 7) is 6.79. The highest BCUT2D eigenvalue weighted by atomic mass is 32.2. The number of hydrogen-bond donors (Lipinski definition) is 2. The van der Waals surface area contributed by atoms with Crippen molar-refractivity contribution in [3.8, 4) is 5.75 Å². The van der Waals surface area contributed by atoms with Crippen molar-refractivity contribution in [3.63, 3.8) is 0 Å². The van der Waals surface area contributed by atoms with E-state index in [4.69, 9.17) is 4.74 Å². The minimum atomic E-state index is 0.537. The van der Waals surface area contributed by atoms with Crippen LogP contribution in [0.5, 0.6) is 5.75 Å². The molecular formula is C16H27N3OS. The molecule has 0 bridgehead atoms. The van der Waals surface area contributed by atoms with Crippen LogP contribution in [0.1, 0.15) is 19.4 Å². The van der Waals surface area contributed by atoms with Crippen LogP contribution in [0.15, 0.2) is 29.3 Å². The monoisotopic (exact) mass is 309 g/mol. The summed E-state index contributed by atoms with van der Waals surface area (Å²) < 4.78 is 5.37. The number of benzene rings is 1. The van der Waals surface area contributed by atoms with Crippen molar-refractivity contribution in [1.82, 2.24) is 10.6 Å². The molecule has 0 fully saturated rings. The first-order valence-electron chi connectivity index (χ1n) is 7.38. The molecule has 0 aromatic heterocycles. The van der Waals surface area contributed by atoms with E-state index in [-0.39, 0.29) is 0 Å². The molecule has 2 N–H and O–H groups in total. The highest BCUT2D eigenvalue weighted by Gasteiger charge is 2.03. The van der Waals surface area contributed by atoms with E-state index in [0.29, 0.717) is 5.25 Å². The third kappa shape index (κ3) is 6.76. The highest BCUT2D eigenvalue weighted by molar-refractivity contribution is 7.99. The molecule has 0 aliphatic carbocycles. The number of rotatable bonds is 8. The maximum absolute atomic E-state index is 5.37. The van der Waals surface area contributed by atoms with Gasteiger partial charge >= 0.3 is 0 Å². The molecule has 1 aromatic rings. The number of nitrogens with one attached hydrogen (secondary N) is 2. The standard InChI is InChI=1S/C16H27N3OS/c1-5-17-16(19-12-13(2)21-4)18-11-10-14-8-6-7-9-15(14)20-3/h6-9,13H,5,10-12H2,1-4H3,(H2,17,18,19). The Hall–Kier alpha value is -1.36. The van der Waals surface area contributed by atoms with Crippen LogP contribution in [0.2, 0.25) is 0 Å². The molecule has 0 amide bonds. The van der Waals surface area contributed by atoms with E-state index >= 15 is 0 Å². The lowest BCUT2D eigenvalue weighted by molar-refractivity contribution is 0.409. The molecule has 1 unspecified atom stereocenters. The average molecular weight is 309 g/mol. The highest BCUT2D eigenvalue weighted by Crippen LogP contribution is 2.17. The molecule has 5 heteroatoms. The Bertz CT molecular complexity index is 437. The summed E-state index contributed by atoms with van der Waals surface area (Å²) in [5.41, 5.74) is 1.21. The quantitative estimate of drug-likeness (QED) is 0.572. The van der Waals surface area contributed by atoms with E-state index in [1.807, 2.05) is 30.0 Å². The molecule has 0 aliphatic rings. The fourth-order valence-corrected chi connectivity index (χ4v) is 2.08. The summed E-state index contributed by atoms with van der Waals surface area (Å²) in [7, 11) is 1.71. The molecule has 0 radical (unpaired) electrons. The van der Waals surface area contributed by atoms with Crippen LogP contribution in [-0.2, 0) is 6.42 Å². The number of ether oxygens (including phenoxy) is 1. The molecule has 0 aliphatic heterocycles. The number of methoxy groups -OCH3 is 1. The van der Waals surface area contributed by atoms with Crippen molar-refractivity contribution in [2.75, 3.05) is 33.0 Å². The van der Waals surface area contributed by atoms with Gasteiger partial charge in [-0.05, 0) is 31.2 Å². The van der Waals surface area contributed by atoms with Gasteiger partial charge in [0, 0.05) is 18.3 Å². The largest absolute Gasteiger partial charge is 0.496 e. The predicted molar refractivity (Wildman–Crippen MR) is 93.7 cm³/mol. The van der Waals surface area contributed by atoms with E-state index in [1.54, 1.807) is 7.11 Å². The fraction of sp³-hybridized carbons (Fsp3) is 0.562. The first-order valence-corrected chi connectivity index (χ1v) is 8.66. The Morgan fingerprint density at radius 1 is 1.33 bits per heavy atom. The van der Waals surface area contributed by atoms with Gasteiger partial charge in [-0.2, -0.15) is 11.8 Å². The molecule has 0 spiro atoms. The molecular weight excluding hydrogens is 282 g/mol. The fourth-order valence-electron chi connectivity index (χ4n) is 1.86. The van der Waals surface area contributed by atoms with Gasteiger partial charge in [0.2, 0.25) is 0 Å². The van der Waals surface area contributed by atoms with Gasteiger partial charge in [0.25, 0.3) is 0 Å². The second-order valence-electron chi connectivity index (χ2n) is 4.75. The number of para-hydroxylation sites is 1. The zero-order chi connectivity index (χ0) is 15.5. The van der Waals surface area contributed by atoms with Crippen LogP contribution < -0.4 is 15.4 Å². The van der Waals surface area contributed by atoms with Crippen molar-refractivity contribution in [3.05, 3.63) is 29.8 Å². The van der Waals surface area contributed by atoms with Gasteiger partial charge in [-0.3, -0.25) is 4.99 Å². The first kappa shape index (κ1) is 17.7. The van der Waals surface area contributed by atoms with Crippen molar-refractivity contribution in [1.29, 1.82) is 0 Å². The van der Waals surface area contributed by atoms with Crippen LogP contribution in [0.25, 0.3) is 0 Å². The second-order valence-corrected chi connectivity index (χ2v) is 6.03. The van der Waals surface area contributed by atoms with Crippen LogP contribution in [0.3, 0.4) is 0 Å². The second kappa shape index (κ2) is 10.4. The predicted octanol–water partition coefficient (Wildman–Crippen LogP) is 2.54. The van der Waals surface area contributed by atoms with Gasteiger partial charge in [0.1, 0.15) is 5.75 Å². The minimum absolute atomic E-state index is 0.537. The van der Waals surface area contributed by atoms with Crippen LogP contribution in [0.4, 0.5) is 0 Å². The molecule has 21 heavy (non-hydrogen) atoms. The number of hydrogen-bond acceptors (Lipinski definition) is 3. The molecule has 4 nitrogen and oxygen atoms in total. The van der Waals surface area contributed by atoms with Gasteiger partial charge in [-0.15, -0.1) is 0 Å². The summed E-state index contributed by atoms with van der Waals surface area (Å²) in [6.07, 6.45) is 3.02. The topological polar surface area (TPSA) is 45.7 Å². The molecule has 1 atom stereocenters.